The standard InChI is InChI=1S/C18H13FN4O3S/c1-27(24,25)13-8-6-12(7-9-13)26-17-11-10-16-20-21-18(23(16)22-17)14-4-2-3-5-15(14)19/h2-11H,1H3. The molecule has 2 aromatic carbocycles. The first-order valence-electron chi connectivity index (χ1n) is 7.87. The Kier molecular flexibility index (Phi) is 4.08. The molecule has 0 unspecified atom stereocenters. The Morgan fingerprint density at radius 3 is 2.41 bits per heavy atom. The summed E-state index contributed by atoms with van der Waals surface area (Å²) in [4.78, 5) is 0.193. The van der Waals surface area contributed by atoms with E-state index < -0.39 is 15.7 Å². The zero-order valence-corrected chi connectivity index (χ0v) is 14.9. The van der Waals surface area contributed by atoms with Crippen molar-refractivity contribution < 1.29 is 17.5 Å². The van der Waals surface area contributed by atoms with Crippen molar-refractivity contribution in [1.82, 2.24) is 19.8 Å². The van der Waals surface area contributed by atoms with Gasteiger partial charge in [0.25, 0.3) is 0 Å². The fourth-order valence-electron chi connectivity index (χ4n) is 2.51. The summed E-state index contributed by atoms with van der Waals surface area (Å²) in [5, 5.41) is 12.3. The number of nitrogens with zero attached hydrogens (tertiary/aromatic N) is 4. The molecular formula is C18H13FN4O3S. The van der Waals surface area contributed by atoms with Gasteiger partial charge in [-0.25, -0.2) is 12.8 Å². The fourth-order valence-corrected chi connectivity index (χ4v) is 3.14. The van der Waals surface area contributed by atoms with Crippen LogP contribution in [0.25, 0.3) is 17.0 Å². The normalized spacial score (nSPS) is 11.6. The van der Waals surface area contributed by atoms with E-state index >= 15 is 0 Å². The summed E-state index contributed by atoms with van der Waals surface area (Å²) in [6, 6.07) is 15.4. The van der Waals surface area contributed by atoms with E-state index in [0.29, 0.717) is 11.4 Å². The number of aromatic nitrogens is 4. The van der Waals surface area contributed by atoms with Gasteiger partial charge in [0, 0.05) is 12.3 Å². The van der Waals surface area contributed by atoms with Crippen LogP contribution in [0.4, 0.5) is 4.39 Å². The molecule has 0 aliphatic carbocycles. The number of rotatable bonds is 4. The smallest absolute Gasteiger partial charge is 0.237 e. The number of halogens is 1. The van der Waals surface area contributed by atoms with E-state index in [1.54, 1.807) is 30.3 Å². The maximum atomic E-state index is 14.1. The van der Waals surface area contributed by atoms with E-state index in [4.69, 9.17) is 4.74 Å². The van der Waals surface area contributed by atoms with Crippen LogP contribution in [0.3, 0.4) is 0 Å². The molecular weight excluding hydrogens is 371 g/mol. The zero-order valence-electron chi connectivity index (χ0n) is 14.1. The van der Waals surface area contributed by atoms with Crippen LogP contribution in [0.5, 0.6) is 11.6 Å². The van der Waals surface area contributed by atoms with Crippen LogP contribution in [-0.4, -0.2) is 34.5 Å². The highest BCUT2D eigenvalue weighted by molar-refractivity contribution is 7.90. The van der Waals surface area contributed by atoms with Gasteiger partial charge in [-0.05, 0) is 42.5 Å². The summed E-state index contributed by atoms with van der Waals surface area (Å²) in [6.07, 6.45) is 1.13. The van der Waals surface area contributed by atoms with Gasteiger partial charge in [-0.15, -0.1) is 15.3 Å². The molecule has 0 saturated heterocycles. The number of hydrogen-bond donors (Lipinski definition) is 0. The molecule has 0 radical (unpaired) electrons. The summed E-state index contributed by atoms with van der Waals surface area (Å²) in [6.45, 7) is 0. The lowest BCUT2D eigenvalue weighted by molar-refractivity contribution is 0.452. The van der Waals surface area contributed by atoms with Crippen LogP contribution < -0.4 is 4.74 Å². The van der Waals surface area contributed by atoms with Crippen LogP contribution in [0.2, 0.25) is 0 Å². The Labute approximate surface area is 154 Å². The van der Waals surface area contributed by atoms with Crippen molar-refractivity contribution >= 4 is 15.5 Å². The molecule has 2 aromatic heterocycles. The Hall–Kier alpha value is -3.33. The first-order valence-corrected chi connectivity index (χ1v) is 9.76. The van der Waals surface area contributed by atoms with Gasteiger partial charge >= 0.3 is 0 Å². The van der Waals surface area contributed by atoms with Crippen LogP contribution in [0, 0.1) is 5.82 Å². The Bertz CT molecular complexity index is 1240. The second-order valence-electron chi connectivity index (χ2n) is 5.79. The van der Waals surface area contributed by atoms with Crippen molar-refractivity contribution in [3.05, 3.63) is 66.5 Å². The number of ether oxygens (including phenoxy) is 1. The number of fused-ring (bicyclic) bond motifs is 1. The van der Waals surface area contributed by atoms with E-state index in [9.17, 15) is 12.8 Å². The highest BCUT2D eigenvalue weighted by Crippen LogP contribution is 2.24. The van der Waals surface area contributed by atoms with Gasteiger partial charge in [-0.3, -0.25) is 0 Å². The maximum absolute atomic E-state index is 14.1. The molecule has 0 N–H and O–H groups in total. The van der Waals surface area contributed by atoms with Gasteiger partial charge in [0.05, 0.1) is 10.5 Å². The largest absolute Gasteiger partial charge is 0.438 e. The average Bonchev–Trinajstić information content (AvgIpc) is 3.05. The third-order valence-electron chi connectivity index (χ3n) is 3.83. The van der Waals surface area contributed by atoms with Crippen LogP contribution in [0.15, 0.2) is 65.6 Å². The summed E-state index contributed by atoms with van der Waals surface area (Å²) in [7, 11) is -3.28. The van der Waals surface area contributed by atoms with Gasteiger partial charge in [-0.2, -0.15) is 4.52 Å². The molecule has 7 nitrogen and oxygen atoms in total. The summed E-state index contributed by atoms with van der Waals surface area (Å²) in [5.74, 6) is 0.457. The number of sulfone groups is 1. The van der Waals surface area contributed by atoms with Gasteiger partial charge < -0.3 is 4.74 Å². The van der Waals surface area contributed by atoms with Crippen molar-refractivity contribution in [1.29, 1.82) is 0 Å². The molecule has 4 rings (SSSR count). The van der Waals surface area contributed by atoms with Crippen LogP contribution >= 0.6 is 0 Å². The van der Waals surface area contributed by atoms with Gasteiger partial charge in [-0.1, -0.05) is 12.1 Å². The highest BCUT2D eigenvalue weighted by atomic mass is 32.2. The second-order valence-corrected chi connectivity index (χ2v) is 7.81. The first kappa shape index (κ1) is 17.1. The molecule has 0 aliphatic rings. The summed E-state index contributed by atoms with van der Waals surface area (Å²) < 4.78 is 44.2. The van der Waals surface area contributed by atoms with Gasteiger partial charge in [0.2, 0.25) is 5.88 Å². The molecule has 0 spiro atoms. The van der Waals surface area contributed by atoms with Crippen molar-refractivity contribution in [2.24, 2.45) is 0 Å². The third kappa shape index (κ3) is 3.36. The summed E-state index contributed by atoms with van der Waals surface area (Å²) >= 11 is 0. The third-order valence-corrected chi connectivity index (χ3v) is 4.96. The Balaban J connectivity index is 1.69. The van der Waals surface area contributed by atoms with Crippen molar-refractivity contribution in [3.63, 3.8) is 0 Å². The quantitative estimate of drug-likeness (QED) is 0.537. The van der Waals surface area contributed by atoms with E-state index in [0.717, 1.165) is 6.26 Å². The zero-order chi connectivity index (χ0) is 19.0. The lowest BCUT2D eigenvalue weighted by atomic mass is 10.2. The van der Waals surface area contributed by atoms with Crippen molar-refractivity contribution in [3.8, 4) is 23.0 Å². The SMILES string of the molecule is CS(=O)(=O)c1ccc(Oc2ccc3nnc(-c4ccccc4F)n3n2)cc1. The Morgan fingerprint density at radius 1 is 0.963 bits per heavy atom. The predicted molar refractivity (Wildman–Crippen MR) is 95.8 cm³/mol. The molecule has 0 atom stereocenters. The highest BCUT2D eigenvalue weighted by Gasteiger charge is 2.14. The second kappa shape index (κ2) is 6.44. The summed E-state index contributed by atoms with van der Waals surface area (Å²) in [5.41, 5.74) is 0.709. The predicted octanol–water partition coefficient (Wildman–Crippen LogP) is 3.13. The van der Waals surface area contributed by atoms with E-state index in [1.807, 2.05) is 0 Å². The molecule has 27 heavy (non-hydrogen) atoms. The molecule has 0 bridgehead atoms. The molecule has 0 saturated carbocycles. The average molecular weight is 384 g/mol. The van der Waals surface area contributed by atoms with Crippen molar-refractivity contribution in [2.45, 2.75) is 4.90 Å². The minimum Gasteiger partial charge on any atom is -0.438 e. The fraction of sp³-hybridized carbons (Fsp3) is 0.0556. The van der Waals surface area contributed by atoms with Gasteiger partial charge in [0.1, 0.15) is 11.6 Å². The first-order chi connectivity index (χ1) is 12.9. The van der Waals surface area contributed by atoms with E-state index in [2.05, 4.69) is 15.3 Å². The van der Waals surface area contributed by atoms with E-state index in [1.165, 1.54) is 34.8 Å². The number of hydrogen-bond acceptors (Lipinski definition) is 6. The molecule has 2 heterocycles. The molecule has 4 aromatic rings. The Morgan fingerprint density at radius 2 is 1.70 bits per heavy atom. The van der Waals surface area contributed by atoms with Crippen molar-refractivity contribution in [2.75, 3.05) is 6.26 Å². The lowest BCUT2D eigenvalue weighted by Crippen LogP contribution is -1.99. The molecule has 0 aliphatic heterocycles. The topological polar surface area (TPSA) is 86.5 Å². The minimum absolute atomic E-state index is 0.193. The van der Waals surface area contributed by atoms with E-state index in [-0.39, 0.29) is 22.2 Å². The molecule has 136 valence electrons. The van der Waals surface area contributed by atoms with Crippen LogP contribution in [-0.2, 0) is 9.84 Å². The molecule has 9 heteroatoms. The monoisotopic (exact) mass is 384 g/mol. The lowest BCUT2D eigenvalue weighted by Gasteiger charge is -2.06. The maximum Gasteiger partial charge on any atom is 0.237 e. The van der Waals surface area contributed by atoms with Crippen LogP contribution in [0.1, 0.15) is 0 Å². The number of benzene rings is 2. The van der Waals surface area contributed by atoms with Gasteiger partial charge in [0.15, 0.2) is 21.3 Å². The minimum atomic E-state index is -3.28. The molecule has 0 fully saturated rings. The molecule has 0 amide bonds.